The van der Waals surface area contributed by atoms with Gasteiger partial charge in [0.2, 0.25) is 0 Å². The second-order valence-corrected chi connectivity index (χ2v) is 7.65. The number of carbonyl (C=O) groups is 1. The van der Waals surface area contributed by atoms with Crippen LogP contribution >= 0.6 is 0 Å². The molecule has 0 bridgehead atoms. The third-order valence-corrected chi connectivity index (χ3v) is 5.67. The van der Waals surface area contributed by atoms with Crippen LogP contribution in [-0.4, -0.2) is 11.9 Å². The number of anilines is 1. The number of nitrogen functional groups attached to an aromatic ring is 1. The molecule has 30 heavy (non-hydrogen) atoms. The normalized spacial score (nSPS) is 19.7. The molecule has 3 heterocycles. The van der Waals surface area contributed by atoms with Crippen LogP contribution in [0, 0.1) is 0 Å². The van der Waals surface area contributed by atoms with Crippen LogP contribution < -0.4 is 20.8 Å². The van der Waals surface area contributed by atoms with Gasteiger partial charge in [-0.25, -0.2) is 4.79 Å². The van der Waals surface area contributed by atoms with Crippen molar-refractivity contribution in [3.05, 3.63) is 69.1 Å². The number of aryl methyl sites for hydroxylation is 1. The van der Waals surface area contributed by atoms with E-state index in [1.54, 1.807) is 0 Å². The van der Waals surface area contributed by atoms with Crippen molar-refractivity contribution in [2.75, 3.05) is 5.73 Å². The first-order valence-electron chi connectivity index (χ1n) is 10.0. The summed E-state index contributed by atoms with van der Waals surface area (Å²) in [5, 5.41) is 0.570. The number of fused-ring (bicyclic) bond motifs is 6. The lowest BCUT2D eigenvalue weighted by Gasteiger charge is -2.30. The molecule has 2 atom stereocenters. The highest BCUT2D eigenvalue weighted by Gasteiger charge is 2.35. The van der Waals surface area contributed by atoms with Crippen molar-refractivity contribution in [2.45, 2.75) is 38.9 Å². The molecule has 2 N–H and O–H groups in total. The third kappa shape index (κ3) is 2.64. The summed E-state index contributed by atoms with van der Waals surface area (Å²) in [6, 6.07) is 9.81. The van der Waals surface area contributed by atoms with E-state index >= 15 is 0 Å². The van der Waals surface area contributed by atoms with Crippen LogP contribution in [0.3, 0.4) is 0 Å². The van der Waals surface area contributed by atoms with Crippen molar-refractivity contribution in [3.63, 3.8) is 0 Å². The Balaban J connectivity index is 1.87. The first-order valence-corrected chi connectivity index (χ1v) is 10.0. The minimum atomic E-state index is -0.654. The van der Waals surface area contributed by atoms with Crippen molar-refractivity contribution >= 4 is 28.5 Å². The van der Waals surface area contributed by atoms with Crippen molar-refractivity contribution in [3.8, 4) is 11.5 Å². The summed E-state index contributed by atoms with van der Waals surface area (Å²) in [5.74, 6) is 0.804. The summed E-state index contributed by atoms with van der Waals surface area (Å²) in [6.07, 6.45) is 3.96. The van der Waals surface area contributed by atoms with Gasteiger partial charge in [0.25, 0.3) is 0 Å². The molecular formula is C24H21NO5. The van der Waals surface area contributed by atoms with Crippen LogP contribution in [0.5, 0.6) is 11.5 Å². The lowest BCUT2D eigenvalue weighted by Crippen LogP contribution is -2.26. The molecule has 0 spiro atoms. The molecule has 2 aliphatic heterocycles. The van der Waals surface area contributed by atoms with E-state index in [0.717, 1.165) is 5.56 Å². The number of Topliss-reactive ketones (excluding diaryl/α,β-unsaturated/α-hetero) is 1. The molecule has 2 unspecified atom stereocenters. The fourth-order valence-electron chi connectivity index (χ4n) is 4.28. The second kappa shape index (κ2) is 6.76. The molecule has 6 heteroatoms. The summed E-state index contributed by atoms with van der Waals surface area (Å²) in [5.41, 5.74) is 8.23. The zero-order valence-corrected chi connectivity index (χ0v) is 16.7. The smallest absolute Gasteiger partial charge is 0.359 e. The predicted molar refractivity (Wildman–Crippen MR) is 114 cm³/mol. The molecule has 0 aliphatic carbocycles. The summed E-state index contributed by atoms with van der Waals surface area (Å²) >= 11 is 0. The van der Waals surface area contributed by atoms with Crippen LogP contribution in [0.2, 0.25) is 0 Å². The highest BCUT2D eigenvalue weighted by molar-refractivity contribution is 6.13. The van der Waals surface area contributed by atoms with Crippen molar-refractivity contribution < 1.29 is 18.7 Å². The molecule has 0 radical (unpaired) electrons. The fraction of sp³-hybridized carbons (Fsp3) is 0.250. The largest absolute Gasteiger partial charge is 0.489 e. The third-order valence-electron chi connectivity index (χ3n) is 5.67. The van der Waals surface area contributed by atoms with Gasteiger partial charge < -0.3 is 19.6 Å². The van der Waals surface area contributed by atoms with E-state index in [1.165, 1.54) is 0 Å². The van der Waals surface area contributed by atoms with Crippen LogP contribution in [0.25, 0.3) is 17.0 Å². The fourth-order valence-corrected chi connectivity index (χ4v) is 4.28. The Kier molecular flexibility index (Phi) is 4.17. The summed E-state index contributed by atoms with van der Waals surface area (Å²) in [4.78, 5) is 25.4. The van der Waals surface area contributed by atoms with Gasteiger partial charge in [-0.15, -0.1) is 0 Å². The minimum Gasteiger partial charge on any atom is -0.489 e. The van der Waals surface area contributed by atoms with E-state index < -0.39 is 5.63 Å². The number of carbonyl (C=O) groups excluding carboxylic acids is 1. The van der Waals surface area contributed by atoms with Gasteiger partial charge in [0.05, 0.1) is 10.9 Å². The number of ketones is 1. The number of hydrogen-bond acceptors (Lipinski definition) is 6. The standard InChI is InChI=1S/C24H21NO5/c1-3-14-18-21-15(9-10-17(29-21)13-7-5-4-6-8-13)22-19(16(26)11-12(2)28-22)23(18)30-24(27)20(14)25/h4-10,12,17H,3,11,25H2,1-2H3. The molecule has 5 rings (SSSR count). The zero-order valence-electron chi connectivity index (χ0n) is 16.7. The Bertz CT molecular complexity index is 1270. The molecule has 0 saturated heterocycles. The molecule has 0 amide bonds. The van der Waals surface area contributed by atoms with Gasteiger partial charge in [0.1, 0.15) is 35.0 Å². The van der Waals surface area contributed by atoms with Gasteiger partial charge in [-0.1, -0.05) is 37.3 Å². The lowest BCUT2D eigenvalue weighted by atomic mass is 9.90. The molecule has 0 saturated carbocycles. The Morgan fingerprint density at radius 1 is 1.10 bits per heavy atom. The van der Waals surface area contributed by atoms with E-state index in [1.807, 2.05) is 56.3 Å². The van der Waals surface area contributed by atoms with E-state index in [9.17, 15) is 9.59 Å². The van der Waals surface area contributed by atoms with Crippen molar-refractivity contribution in [1.82, 2.24) is 0 Å². The number of nitrogens with two attached hydrogens (primary N) is 1. The Morgan fingerprint density at radius 2 is 1.87 bits per heavy atom. The van der Waals surface area contributed by atoms with Crippen molar-refractivity contribution in [1.29, 1.82) is 0 Å². The second-order valence-electron chi connectivity index (χ2n) is 7.65. The van der Waals surface area contributed by atoms with Crippen LogP contribution in [0.4, 0.5) is 5.69 Å². The van der Waals surface area contributed by atoms with Gasteiger partial charge in [0, 0.05) is 6.42 Å². The first-order chi connectivity index (χ1) is 14.5. The van der Waals surface area contributed by atoms with Gasteiger partial charge in [-0.3, -0.25) is 4.79 Å². The van der Waals surface area contributed by atoms with E-state index in [4.69, 9.17) is 19.6 Å². The maximum atomic E-state index is 12.9. The number of rotatable bonds is 2. The van der Waals surface area contributed by atoms with Gasteiger partial charge in [0.15, 0.2) is 11.4 Å². The first kappa shape index (κ1) is 18.5. The molecule has 2 aliphatic rings. The maximum absolute atomic E-state index is 12.9. The Hall–Kier alpha value is -3.54. The molecular weight excluding hydrogens is 382 g/mol. The van der Waals surface area contributed by atoms with E-state index in [2.05, 4.69) is 0 Å². The molecule has 6 nitrogen and oxygen atoms in total. The predicted octanol–water partition coefficient (Wildman–Crippen LogP) is 4.44. The maximum Gasteiger partial charge on any atom is 0.359 e. The molecule has 1 aromatic heterocycles. The van der Waals surface area contributed by atoms with Crippen LogP contribution in [0.15, 0.2) is 45.6 Å². The summed E-state index contributed by atoms with van der Waals surface area (Å²) < 4.78 is 18.0. The zero-order chi connectivity index (χ0) is 21.0. The quantitative estimate of drug-likeness (QED) is 0.636. The highest BCUT2D eigenvalue weighted by atomic mass is 16.5. The SMILES string of the molecule is CCc1c(N)c(=O)oc2c3c(c4c(c12)OC(c1ccccc1)C=C4)OC(C)CC3=O. The number of benzene rings is 2. The Labute approximate surface area is 172 Å². The molecule has 0 fully saturated rings. The van der Waals surface area contributed by atoms with E-state index in [0.29, 0.717) is 40.0 Å². The van der Waals surface area contributed by atoms with E-state index in [-0.39, 0.29) is 35.7 Å². The van der Waals surface area contributed by atoms with Crippen LogP contribution in [0.1, 0.15) is 53.4 Å². The van der Waals surface area contributed by atoms with Gasteiger partial charge in [-0.05, 0) is 36.6 Å². The molecule has 3 aromatic rings. The monoisotopic (exact) mass is 403 g/mol. The average Bonchev–Trinajstić information content (AvgIpc) is 2.75. The molecule has 152 valence electrons. The van der Waals surface area contributed by atoms with Crippen molar-refractivity contribution in [2.24, 2.45) is 0 Å². The lowest BCUT2D eigenvalue weighted by molar-refractivity contribution is 0.0870. The Morgan fingerprint density at radius 3 is 2.60 bits per heavy atom. The van der Waals surface area contributed by atoms with Gasteiger partial charge >= 0.3 is 5.63 Å². The highest BCUT2D eigenvalue weighted by Crippen LogP contribution is 2.49. The average molecular weight is 403 g/mol. The summed E-state index contributed by atoms with van der Waals surface area (Å²) in [6.45, 7) is 3.75. The number of hydrogen-bond donors (Lipinski definition) is 1. The molecule has 2 aromatic carbocycles. The minimum absolute atomic E-state index is 0.0408. The number of ether oxygens (including phenoxy) is 2. The van der Waals surface area contributed by atoms with Crippen LogP contribution in [-0.2, 0) is 6.42 Å². The van der Waals surface area contributed by atoms with Gasteiger partial charge in [-0.2, -0.15) is 0 Å². The summed E-state index contributed by atoms with van der Waals surface area (Å²) in [7, 11) is 0. The topological polar surface area (TPSA) is 91.8 Å².